The van der Waals surface area contributed by atoms with E-state index < -0.39 is 0 Å². The lowest BCUT2D eigenvalue weighted by Crippen LogP contribution is -2.44. The van der Waals surface area contributed by atoms with Gasteiger partial charge < -0.3 is 10.0 Å². The number of nitrogens with zero attached hydrogens (tertiary/aromatic N) is 2. The summed E-state index contributed by atoms with van der Waals surface area (Å²) in [6.07, 6.45) is 6.89. The number of hydrogen-bond acceptors (Lipinski definition) is 3. The van der Waals surface area contributed by atoms with Crippen LogP contribution in [0, 0.1) is 0 Å². The van der Waals surface area contributed by atoms with Crippen molar-refractivity contribution in [3.8, 4) is 5.75 Å². The molecule has 0 radical (unpaired) electrons. The largest absolute Gasteiger partial charge is 0.508 e. The molecule has 1 fully saturated rings. The van der Waals surface area contributed by atoms with E-state index in [9.17, 15) is 9.90 Å². The van der Waals surface area contributed by atoms with Gasteiger partial charge in [0, 0.05) is 23.3 Å². The van der Waals surface area contributed by atoms with Crippen LogP contribution in [0.25, 0.3) is 0 Å². The molecule has 22 heavy (non-hydrogen) atoms. The molecule has 2 aliphatic rings. The third kappa shape index (κ3) is 2.36. The number of rotatable bonds is 3. The highest BCUT2D eigenvalue weighted by atomic mass is 16.3. The first-order valence-corrected chi connectivity index (χ1v) is 7.85. The molecule has 1 aromatic heterocycles. The Morgan fingerprint density at radius 3 is 2.68 bits per heavy atom. The van der Waals surface area contributed by atoms with Crippen LogP contribution in [0.4, 0.5) is 0 Å². The molecular weight excluding hydrogens is 278 g/mol. The minimum atomic E-state index is 0.0828. The summed E-state index contributed by atoms with van der Waals surface area (Å²) < 4.78 is 0. The number of phenolic OH excluding ortho intramolecular Hbond substituents is 1. The Morgan fingerprint density at radius 2 is 1.95 bits per heavy atom. The molecule has 5 heteroatoms. The average molecular weight is 297 g/mol. The van der Waals surface area contributed by atoms with E-state index in [1.807, 2.05) is 6.20 Å². The van der Waals surface area contributed by atoms with Crippen molar-refractivity contribution in [1.82, 2.24) is 15.1 Å². The molecule has 1 heterocycles. The van der Waals surface area contributed by atoms with E-state index in [4.69, 9.17) is 0 Å². The topological polar surface area (TPSA) is 69.2 Å². The standard InChI is InChI=1S/C17H19N3O2/c21-15-6-1-11(2-7-15)17(22)20(13-3-4-13)14-5-8-16-12(9-14)10-18-19-16/h1-2,6-7,10,13-14,21H,3-5,8-9H2,(H,18,19). The van der Waals surface area contributed by atoms with Crippen LogP contribution in [-0.4, -0.2) is 38.2 Å². The summed E-state index contributed by atoms with van der Waals surface area (Å²) in [4.78, 5) is 15.0. The van der Waals surface area contributed by atoms with Crippen molar-refractivity contribution in [1.29, 1.82) is 0 Å². The van der Waals surface area contributed by atoms with Gasteiger partial charge in [-0.15, -0.1) is 0 Å². The van der Waals surface area contributed by atoms with E-state index in [1.54, 1.807) is 24.3 Å². The minimum absolute atomic E-state index is 0.0828. The molecule has 2 aromatic rings. The molecule has 1 amide bonds. The summed E-state index contributed by atoms with van der Waals surface area (Å²) in [6.45, 7) is 0. The fourth-order valence-corrected chi connectivity index (χ4v) is 3.37. The Labute approximate surface area is 129 Å². The van der Waals surface area contributed by atoms with Crippen LogP contribution < -0.4 is 0 Å². The summed E-state index contributed by atoms with van der Waals surface area (Å²) in [6, 6.07) is 7.19. The Morgan fingerprint density at radius 1 is 1.18 bits per heavy atom. The molecule has 1 unspecified atom stereocenters. The zero-order valence-corrected chi connectivity index (χ0v) is 12.3. The number of nitrogens with one attached hydrogen (secondary N) is 1. The Balaban J connectivity index is 1.59. The molecule has 1 aromatic carbocycles. The summed E-state index contributed by atoms with van der Waals surface area (Å²) in [5, 5.41) is 16.6. The van der Waals surface area contributed by atoms with Gasteiger partial charge >= 0.3 is 0 Å². The van der Waals surface area contributed by atoms with Crippen LogP contribution in [0.1, 0.15) is 40.9 Å². The maximum atomic E-state index is 12.9. The Kier molecular flexibility index (Phi) is 3.13. The van der Waals surface area contributed by atoms with E-state index >= 15 is 0 Å². The van der Waals surface area contributed by atoms with Gasteiger partial charge in [-0.05, 0) is 61.9 Å². The molecule has 1 saturated carbocycles. The van der Waals surface area contributed by atoms with E-state index in [0.29, 0.717) is 11.6 Å². The quantitative estimate of drug-likeness (QED) is 0.913. The minimum Gasteiger partial charge on any atom is -0.508 e. The van der Waals surface area contributed by atoms with Crippen LogP contribution in [0.2, 0.25) is 0 Å². The Hall–Kier alpha value is -2.30. The van der Waals surface area contributed by atoms with Gasteiger partial charge in [-0.1, -0.05) is 0 Å². The van der Waals surface area contributed by atoms with Gasteiger partial charge in [-0.25, -0.2) is 0 Å². The van der Waals surface area contributed by atoms with E-state index in [1.165, 1.54) is 11.3 Å². The van der Waals surface area contributed by atoms with Gasteiger partial charge in [0.2, 0.25) is 0 Å². The van der Waals surface area contributed by atoms with Crippen LogP contribution in [-0.2, 0) is 12.8 Å². The van der Waals surface area contributed by atoms with E-state index in [-0.39, 0.29) is 17.7 Å². The van der Waals surface area contributed by atoms with Crippen LogP contribution in [0.3, 0.4) is 0 Å². The third-order valence-corrected chi connectivity index (χ3v) is 4.67. The highest BCUT2D eigenvalue weighted by Gasteiger charge is 2.39. The normalized spacial score (nSPS) is 20.5. The zero-order valence-electron chi connectivity index (χ0n) is 12.3. The van der Waals surface area contributed by atoms with Crippen LogP contribution >= 0.6 is 0 Å². The van der Waals surface area contributed by atoms with Crippen LogP contribution in [0.5, 0.6) is 5.75 Å². The van der Waals surface area contributed by atoms with Crippen LogP contribution in [0.15, 0.2) is 30.5 Å². The first-order valence-electron chi connectivity index (χ1n) is 7.85. The predicted octanol–water partition coefficient (Wildman–Crippen LogP) is 2.28. The summed E-state index contributed by atoms with van der Waals surface area (Å²) in [7, 11) is 0. The summed E-state index contributed by atoms with van der Waals surface area (Å²) in [5.74, 6) is 0.273. The number of aromatic amines is 1. The summed E-state index contributed by atoms with van der Waals surface area (Å²) in [5.41, 5.74) is 3.10. The molecule has 0 bridgehead atoms. The second-order valence-electron chi connectivity index (χ2n) is 6.26. The monoisotopic (exact) mass is 297 g/mol. The number of aryl methyl sites for hydroxylation is 1. The molecule has 114 valence electrons. The van der Waals surface area contributed by atoms with Gasteiger partial charge in [0.25, 0.3) is 5.91 Å². The number of benzene rings is 1. The van der Waals surface area contributed by atoms with Gasteiger partial charge in [0.05, 0.1) is 6.20 Å². The number of H-pyrrole nitrogens is 1. The number of carbonyl (C=O) groups is 1. The van der Waals surface area contributed by atoms with Gasteiger partial charge in [-0.3, -0.25) is 9.89 Å². The molecule has 2 N–H and O–H groups in total. The lowest BCUT2D eigenvalue weighted by molar-refractivity contribution is 0.0643. The number of aromatic hydroxyl groups is 1. The fourth-order valence-electron chi connectivity index (χ4n) is 3.37. The highest BCUT2D eigenvalue weighted by Crippen LogP contribution is 2.34. The molecule has 1 atom stereocenters. The Bertz CT molecular complexity index is 688. The van der Waals surface area contributed by atoms with Gasteiger partial charge in [0.1, 0.15) is 5.75 Å². The SMILES string of the molecule is O=C(c1ccc(O)cc1)N(C1CC1)C1CCc2[nH]ncc2C1. The highest BCUT2D eigenvalue weighted by molar-refractivity contribution is 5.95. The molecular formula is C17H19N3O2. The average Bonchev–Trinajstić information content (AvgIpc) is 3.24. The van der Waals surface area contributed by atoms with E-state index in [2.05, 4.69) is 15.1 Å². The molecule has 2 aliphatic carbocycles. The van der Waals surface area contributed by atoms with Crippen molar-refractivity contribution >= 4 is 5.91 Å². The second-order valence-corrected chi connectivity index (χ2v) is 6.26. The fraction of sp³-hybridized carbons (Fsp3) is 0.412. The van der Waals surface area contributed by atoms with Crippen molar-refractivity contribution in [2.24, 2.45) is 0 Å². The predicted molar refractivity (Wildman–Crippen MR) is 81.7 cm³/mol. The maximum absolute atomic E-state index is 12.9. The van der Waals surface area contributed by atoms with Crippen molar-refractivity contribution in [3.63, 3.8) is 0 Å². The summed E-state index contributed by atoms with van der Waals surface area (Å²) >= 11 is 0. The third-order valence-electron chi connectivity index (χ3n) is 4.67. The van der Waals surface area contributed by atoms with Crippen molar-refractivity contribution < 1.29 is 9.90 Å². The molecule has 0 aliphatic heterocycles. The van der Waals surface area contributed by atoms with Gasteiger partial charge in [0.15, 0.2) is 0 Å². The second kappa shape index (κ2) is 5.16. The lowest BCUT2D eigenvalue weighted by Gasteiger charge is -2.34. The lowest BCUT2D eigenvalue weighted by atomic mass is 9.92. The van der Waals surface area contributed by atoms with Crippen molar-refractivity contribution in [2.45, 2.75) is 44.2 Å². The smallest absolute Gasteiger partial charge is 0.254 e. The number of aromatic nitrogens is 2. The van der Waals surface area contributed by atoms with Gasteiger partial charge in [-0.2, -0.15) is 5.10 Å². The molecule has 0 saturated heterocycles. The number of carbonyl (C=O) groups excluding carboxylic acids is 1. The van der Waals surface area contributed by atoms with E-state index in [0.717, 1.165) is 32.1 Å². The van der Waals surface area contributed by atoms with Crippen molar-refractivity contribution in [2.75, 3.05) is 0 Å². The number of fused-ring (bicyclic) bond motifs is 1. The molecule has 0 spiro atoms. The number of amides is 1. The maximum Gasteiger partial charge on any atom is 0.254 e. The molecule has 4 rings (SSSR count). The van der Waals surface area contributed by atoms with Crippen molar-refractivity contribution in [3.05, 3.63) is 47.3 Å². The number of phenols is 1. The zero-order chi connectivity index (χ0) is 15.1. The molecule has 5 nitrogen and oxygen atoms in total. The first kappa shape index (κ1) is 13.4. The first-order chi connectivity index (χ1) is 10.7. The number of hydrogen-bond donors (Lipinski definition) is 2.